The van der Waals surface area contributed by atoms with Crippen molar-refractivity contribution in [1.82, 2.24) is 5.01 Å². The molecule has 3 N–H and O–H groups in total. The van der Waals surface area contributed by atoms with E-state index in [-0.39, 0.29) is 0 Å². The summed E-state index contributed by atoms with van der Waals surface area (Å²) < 4.78 is 4.66. The molecule has 0 radical (unpaired) electrons. The molecule has 0 fully saturated rings. The SMILES string of the molecule is COC(=O)c1cccc(N)c1NN(C)C. The quantitative estimate of drug-likeness (QED) is 0.440. The number of hydrogen-bond acceptors (Lipinski definition) is 5. The molecule has 0 saturated carbocycles. The van der Waals surface area contributed by atoms with Crippen LogP contribution in [0.4, 0.5) is 11.4 Å². The molecule has 0 amide bonds. The normalized spacial score (nSPS) is 10.1. The Morgan fingerprint density at radius 2 is 2.13 bits per heavy atom. The molecule has 0 unspecified atom stereocenters. The number of anilines is 2. The predicted octanol–water partition coefficient (Wildman–Crippen LogP) is 0.944. The third-order valence-electron chi connectivity index (χ3n) is 1.84. The summed E-state index contributed by atoms with van der Waals surface area (Å²) in [5.41, 5.74) is 10.2. The zero-order valence-electron chi connectivity index (χ0n) is 9.07. The average Bonchev–Trinajstić information content (AvgIpc) is 2.19. The van der Waals surface area contributed by atoms with Crippen LogP contribution in [0, 0.1) is 0 Å². The van der Waals surface area contributed by atoms with Gasteiger partial charge >= 0.3 is 5.97 Å². The highest BCUT2D eigenvalue weighted by atomic mass is 16.5. The Kier molecular flexibility index (Phi) is 3.51. The van der Waals surface area contributed by atoms with Crippen molar-refractivity contribution < 1.29 is 9.53 Å². The summed E-state index contributed by atoms with van der Waals surface area (Å²) >= 11 is 0. The maximum atomic E-state index is 11.4. The van der Waals surface area contributed by atoms with Gasteiger partial charge in [-0.05, 0) is 12.1 Å². The zero-order valence-corrected chi connectivity index (χ0v) is 9.07. The Labute approximate surface area is 88.8 Å². The van der Waals surface area contributed by atoms with Gasteiger partial charge in [0.15, 0.2) is 0 Å². The van der Waals surface area contributed by atoms with Gasteiger partial charge in [-0.1, -0.05) is 6.07 Å². The second-order valence-electron chi connectivity index (χ2n) is 3.27. The van der Waals surface area contributed by atoms with E-state index >= 15 is 0 Å². The second-order valence-corrected chi connectivity index (χ2v) is 3.27. The summed E-state index contributed by atoms with van der Waals surface area (Å²) in [5.74, 6) is -0.411. The van der Waals surface area contributed by atoms with Crippen molar-refractivity contribution in [3.05, 3.63) is 23.8 Å². The van der Waals surface area contributed by atoms with E-state index in [1.54, 1.807) is 23.2 Å². The van der Waals surface area contributed by atoms with Crippen LogP contribution < -0.4 is 11.2 Å². The van der Waals surface area contributed by atoms with Crippen molar-refractivity contribution in [2.75, 3.05) is 32.4 Å². The number of nitrogens with zero attached hydrogens (tertiary/aromatic N) is 1. The lowest BCUT2D eigenvalue weighted by Gasteiger charge is -2.17. The van der Waals surface area contributed by atoms with E-state index < -0.39 is 5.97 Å². The number of nitrogen functional groups attached to an aromatic ring is 1. The van der Waals surface area contributed by atoms with Crippen LogP contribution in [0.1, 0.15) is 10.4 Å². The molecule has 0 spiro atoms. The Hall–Kier alpha value is -1.75. The molecule has 5 nitrogen and oxygen atoms in total. The van der Waals surface area contributed by atoms with E-state index in [4.69, 9.17) is 5.73 Å². The molecule has 0 aliphatic rings. The van der Waals surface area contributed by atoms with Gasteiger partial charge in [0, 0.05) is 14.1 Å². The number of carbonyl (C=O) groups excluding carboxylic acids is 1. The Morgan fingerprint density at radius 1 is 1.47 bits per heavy atom. The van der Waals surface area contributed by atoms with Gasteiger partial charge in [0.1, 0.15) is 0 Å². The van der Waals surface area contributed by atoms with Gasteiger partial charge in [-0.25, -0.2) is 9.80 Å². The zero-order chi connectivity index (χ0) is 11.4. The van der Waals surface area contributed by atoms with E-state index in [0.29, 0.717) is 16.9 Å². The summed E-state index contributed by atoms with van der Waals surface area (Å²) in [6.07, 6.45) is 0. The minimum absolute atomic E-state index is 0.411. The summed E-state index contributed by atoms with van der Waals surface area (Å²) in [7, 11) is 4.96. The molecular weight excluding hydrogens is 194 g/mol. The second kappa shape index (κ2) is 4.65. The van der Waals surface area contributed by atoms with Gasteiger partial charge in [0.05, 0.1) is 24.0 Å². The largest absolute Gasteiger partial charge is 0.465 e. The third-order valence-corrected chi connectivity index (χ3v) is 1.84. The van der Waals surface area contributed by atoms with Gasteiger partial charge in [0.2, 0.25) is 0 Å². The molecular formula is C10H15N3O2. The number of benzene rings is 1. The number of nitrogens with one attached hydrogen (secondary N) is 1. The highest BCUT2D eigenvalue weighted by Crippen LogP contribution is 2.24. The number of methoxy groups -OCH3 is 1. The van der Waals surface area contributed by atoms with E-state index in [1.165, 1.54) is 7.11 Å². The molecule has 1 rings (SSSR count). The summed E-state index contributed by atoms with van der Waals surface area (Å²) in [5, 5.41) is 1.71. The molecule has 0 aliphatic carbocycles. The Bertz CT molecular complexity index is 364. The molecule has 0 aromatic heterocycles. The first kappa shape index (κ1) is 11.3. The summed E-state index contributed by atoms with van der Waals surface area (Å²) in [4.78, 5) is 11.4. The number of ether oxygens (including phenoxy) is 1. The first-order chi connectivity index (χ1) is 7.06. The van der Waals surface area contributed by atoms with Gasteiger partial charge in [-0.2, -0.15) is 0 Å². The molecule has 5 heteroatoms. The molecule has 15 heavy (non-hydrogen) atoms. The van der Waals surface area contributed by atoms with Crippen molar-refractivity contribution in [3.63, 3.8) is 0 Å². The van der Waals surface area contributed by atoms with E-state index in [0.717, 1.165) is 0 Å². The maximum Gasteiger partial charge on any atom is 0.340 e. The Balaban J connectivity index is 3.14. The molecule has 0 aliphatic heterocycles. The highest BCUT2D eigenvalue weighted by molar-refractivity contribution is 5.98. The maximum absolute atomic E-state index is 11.4. The smallest absolute Gasteiger partial charge is 0.340 e. The first-order valence-corrected chi connectivity index (χ1v) is 4.47. The van der Waals surface area contributed by atoms with E-state index in [9.17, 15) is 4.79 Å². The topological polar surface area (TPSA) is 67.6 Å². The fraction of sp³-hybridized carbons (Fsp3) is 0.300. The minimum Gasteiger partial charge on any atom is -0.465 e. The molecule has 0 atom stereocenters. The average molecular weight is 209 g/mol. The fourth-order valence-electron chi connectivity index (χ4n) is 1.20. The number of carbonyl (C=O) groups is 1. The monoisotopic (exact) mass is 209 g/mol. The Morgan fingerprint density at radius 3 is 2.67 bits per heavy atom. The van der Waals surface area contributed by atoms with Crippen LogP contribution in [0.2, 0.25) is 0 Å². The van der Waals surface area contributed by atoms with E-state index in [1.807, 2.05) is 14.1 Å². The summed E-state index contributed by atoms with van der Waals surface area (Å²) in [6.45, 7) is 0. The minimum atomic E-state index is -0.411. The van der Waals surface area contributed by atoms with Crippen LogP contribution in [0.15, 0.2) is 18.2 Å². The molecule has 82 valence electrons. The number of hydrogen-bond donors (Lipinski definition) is 2. The number of hydrazine groups is 1. The number of para-hydroxylation sites is 1. The molecule has 1 aromatic carbocycles. The predicted molar refractivity (Wildman–Crippen MR) is 59.5 cm³/mol. The highest BCUT2D eigenvalue weighted by Gasteiger charge is 2.14. The lowest BCUT2D eigenvalue weighted by Crippen LogP contribution is -2.22. The van der Waals surface area contributed by atoms with E-state index in [2.05, 4.69) is 10.2 Å². The van der Waals surface area contributed by atoms with Gasteiger partial charge in [-0.3, -0.25) is 0 Å². The van der Waals surface area contributed by atoms with Crippen molar-refractivity contribution in [2.24, 2.45) is 0 Å². The van der Waals surface area contributed by atoms with Gasteiger partial charge in [0.25, 0.3) is 0 Å². The number of nitrogens with two attached hydrogens (primary N) is 1. The van der Waals surface area contributed by atoms with Crippen LogP contribution in [0.25, 0.3) is 0 Å². The molecule has 0 saturated heterocycles. The van der Waals surface area contributed by atoms with Crippen LogP contribution in [-0.4, -0.2) is 32.2 Å². The molecule has 0 bridgehead atoms. The van der Waals surface area contributed by atoms with Crippen molar-refractivity contribution in [1.29, 1.82) is 0 Å². The van der Waals surface area contributed by atoms with Crippen LogP contribution in [0.3, 0.4) is 0 Å². The molecule has 0 heterocycles. The third kappa shape index (κ3) is 2.60. The van der Waals surface area contributed by atoms with Crippen molar-refractivity contribution in [2.45, 2.75) is 0 Å². The van der Waals surface area contributed by atoms with Crippen molar-refractivity contribution in [3.8, 4) is 0 Å². The lowest BCUT2D eigenvalue weighted by atomic mass is 10.1. The number of esters is 1. The fourth-order valence-corrected chi connectivity index (χ4v) is 1.20. The van der Waals surface area contributed by atoms with Crippen LogP contribution >= 0.6 is 0 Å². The van der Waals surface area contributed by atoms with Gasteiger partial charge in [-0.15, -0.1) is 0 Å². The number of rotatable bonds is 3. The van der Waals surface area contributed by atoms with Crippen LogP contribution in [0.5, 0.6) is 0 Å². The summed E-state index contributed by atoms with van der Waals surface area (Å²) in [6, 6.07) is 5.09. The standard InChI is InChI=1S/C10H15N3O2/c1-13(2)12-9-7(10(14)15-3)5-4-6-8(9)11/h4-6,12H,11H2,1-3H3. The van der Waals surface area contributed by atoms with Gasteiger partial charge < -0.3 is 15.9 Å². The molecule has 1 aromatic rings. The lowest BCUT2D eigenvalue weighted by molar-refractivity contribution is 0.0601. The first-order valence-electron chi connectivity index (χ1n) is 4.47. The van der Waals surface area contributed by atoms with Crippen molar-refractivity contribution >= 4 is 17.3 Å². The van der Waals surface area contributed by atoms with Crippen LogP contribution in [-0.2, 0) is 4.74 Å².